The summed E-state index contributed by atoms with van der Waals surface area (Å²) >= 11 is 0. The van der Waals surface area contributed by atoms with Crippen LogP contribution in [0.4, 0.5) is 4.79 Å². The van der Waals surface area contributed by atoms with Crippen molar-refractivity contribution in [2.24, 2.45) is 0 Å². The number of ether oxygens (including phenoxy) is 3. The summed E-state index contributed by atoms with van der Waals surface area (Å²) in [6.07, 6.45) is -0.420. The second kappa shape index (κ2) is 7.06. The first-order valence-corrected chi connectivity index (χ1v) is 6.97. The number of carboxylic acid groups (broad SMARTS) is 1. The topological polar surface area (TPSA) is 88.5 Å². The van der Waals surface area contributed by atoms with Crippen molar-refractivity contribution in [1.29, 1.82) is 0 Å². The normalized spacial score (nSPS) is 29.7. The summed E-state index contributed by atoms with van der Waals surface area (Å²) in [5.74, 6) is -0.936. The summed E-state index contributed by atoms with van der Waals surface area (Å²) in [6.45, 7) is 1.99. The third-order valence-electron chi connectivity index (χ3n) is 3.97. The third kappa shape index (κ3) is 3.63. The van der Waals surface area contributed by atoms with Crippen LogP contribution in [-0.2, 0) is 19.0 Å². The van der Waals surface area contributed by atoms with Crippen LogP contribution in [0.25, 0.3) is 0 Å². The van der Waals surface area contributed by atoms with Crippen LogP contribution in [0.2, 0.25) is 0 Å². The minimum Gasteiger partial charge on any atom is -0.481 e. The Hall–Kier alpha value is -1.38. The molecule has 2 heterocycles. The molecule has 0 aromatic carbocycles. The molecule has 21 heavy (non-hydrogen) atoms. The first-order valence-electron chi connectivity index (χ1n) is 6.97. The number of carbonyl (C=O) groups is 2. The molecule has 2 rings (SSSR count). The first kappa shape index (κ1) is 16.0. The van der Waals surface area contributed by atoms with Gasteiger partial charge in [0.25, 0.3) is 0 Å². The number of morpholine rings is 1. The molecule has 0 aliphatic carbocycles. The number of methoxy groups -OCH3 is 2. The highest BCUT2D eigenvalue weighted by molar-refractivity contribution is 5.76. The van der Waals surface area contributed by atoms with Gasteiger partial charge < -0.3 is 29.1 Å². The number of likely N-dealkylation sites (tertiary alicyclic amines) is 1. The van der Waals surface area contributed by atoms with Crippen LogP contribution >= 0.6 is 0 Å². The fraction of sp³-hybridized carbons (Fsp3) is 0.846. The Labute approximate surface area is 123 Å². The van der Waals surface area contributed by atoms with Gasteiger partial charge in [-0.2, -0.15) is 0 Å². The maximum Gasteiger partial charge on any atom is 0.320 e. The van der Waals surface area contributed by atoms with Crippen molar-refractivity contribution in [3.63, 3.8) is 0 Å². The number of urea groups is 1. The Morgan fingerprint density at radius 3 is 2.38 bits per heavy atom. The lowest BCUT2D eigenvalue weighted by molar-refractivity contribution is -0.139. The zero-order chi connectivity index (χ0) is 15.4. The van der Waals surface area contributed by atoms with E-state index in [-0.39, 0.29) is 31.3 Å². The zero-order valence-electron chi connectivity index (χ0n) is 12.4. The maximum atomic E-state index is 12.6. The van der Waals surface area contributed by atoms with Gasteiger partial charge in [-0.3, -0.25) is 4.79 Å². The Balaban J connectivity index is 2.02. The fourth-order valence-electron chi connectivity index (χ4n) is 2.81. The van der Waals surface area contributed by atoms with Crippen LogP contribution in [0.3, 0.4) is 0 Å². The molecule has 0 bridgehead atoms. The number of rotatable bonds is 4. The van der Waals surface area contributed by atoms with E-state index in [1.165, 1.54) is 0 Å². The molecule has 8 heteroatoms. The van der Waals surface area contributed by atoms with Crippen LogP contribution in [0.5, 0.6) is 0 Å². The molecule has 0 spiro atoms. The van der Waals surface area contributed by atoms with Crippen LogP contribution in [0, 0.1) is 0 Å². The van der Waals surface area contributed by atoms with E-state index in [9.17, 15) is 9.59 Å². The van der Waals surface area contributed by atoms with E-state index < -0.39 is 12.0 Å². The lowest BCUT2D eigenvalue weighted by Crippen LogP contribution is -2.54. The second-order valence-corrected chi connectivity index (χ2v) is 5.26. The quantitative estimate of drug-likeness (QED) is 0.762. The van der Waals surface area contributed by atoms with Gasteiger partial charge in [-0.05, 0) is 0 Å². The largest absolute Gasteiger partial charge is 0.481 e. The van der Waals surface area contributed by atoms with Gasteiger partial charge >= 0.3 is 12.0 Å². The van der Waals surface area contributed by atoms with Crippen molar-refractivity contribution < 1.29 is 28.9 Å². The molecule has 3 atom stereocenters. The number of carboxylic acids is 1. The predicted molar refractivity (Wildman–Crippen MR) is 72.1 cm³/mol. The van der Waals surface area contributed by atoms with E-state index in [1.54, 1.807) is 24.0 Å². The number of amides is 2. The van der Waals surface area contributed by atoms with Crippen LogP contribution in [0.1, 0.15) is 6.42 Å². The lowest BCUT2D eigenvalue weighted by Gasteiger charge is -2.37. The Morgan fingerprint density at radius 1 is 1.24 bits per heavy atom. The molecule has 1 N–H and O–H groups in total. The maximum absolute atomic E-state index is 12.6. The van der Waals surface area contributed by atoms with Gasteiger partial charge in [-0.25, -0.2) is 4.79 Å². The smallest absolute Gasteiger partial charge is 0.320 e. The number of hydrogen-bond acceptors (Lipinski definition) is 5. The van der Waals surface area contributed by atoms with E-state index >= 15 is 0 Å². The van der Waals surface area contributed by atoms with Crippen LogP contribution in [-0.4, -0.2) is 92.2 Å². The molecule has 3 unspecified atom stereocenters. The van der Waals surface area contributed by atoms with Crippen molar-refractivity contribution in [2.45, 2.75) is 24.7 Å². The molecule has 8 nitrogen and oxygen atoms in total. The van der Waals surface area contributed by atoms with Gasteiger partial charge in [-0.15, -0.1) is 0 Å². The Morgan fingerprint density at radius 2 is 1.86 bits per heavy atom. The van der Waals surface area contributed by atoms with Crippen LogP contribution in [0.15, 0.2) is 0 Å². The van der Waals surface area contributed by atoms with E-state index in [0.717, 1.165) is 0 Å². The van der Waals surface area contributed by atoms with E-state index in [4.69, 9.17) is 19.3 Å². The van der Waals surface area contributed by atoms with Gasteiger partial charge in [-0.1, -0.05) is 0 Å². The summed E-state index contributed by atoms with van der Waals surface area (Å²) in [5.41, 5.74) is 0. The van der Waals surface area contributed by atoms with Crippen molar-refractivity contribution in [1.82, 2.24) is 9.80 Å². The molecule has 2 aliphatic heterocycles. The summed E-state index contributed by atoms with van der Waals surface area (Å²) in [7, 11) is 3.18. The molecule has 2 fully saturated rings. The fourth-order valence-corrected chi connectivity index (χ4v) is 2.81. The molecule has 0 aromatic rings. The van der Waals surface area contributed by atoms with Gasteiger partial charge in [0.1, 0.15) is 12.2 Å². The molecule has 0 radical (unpaired) electrons. The molecule has 0 aromatic heterocycles. The highest BCUT2D eigenvalue weighted by Crippen LogP contribution is 2.20. The Bertz CT molecular complexity index is 379. The zero-order valence-corrected chi connectivity index (χ0v) is 12.4. The highest BCUT2D eigenvalue weighted by atomic mass is 16.5. The molecular weight excluding hydrogens is 280 g/mol. The van der Waals surface area contributed by atoms with Gasteiger partial charge in [0.05, 0.1) is 38.8 Å². The summed E-state index contributed by atoms with van der Waals surface area (Å²) in [5, 5.41) is 8.94. The highest BCUT2D eigenvalue weighted by Gasteiger charge is 2.39. The number of nitrogens with zero attached hydrogens (tertiary/aromatic N) is 2. The third-order valence-corrected chi connectivity index (χ3v) is 3.97. The van der Waals surface area contributed by atoms with Gasteiger partial charge in [0, 0.05) is 20.8 Å². The average molecular weight is 302 g/mol. The predicted octanol–water partition coefficient (Wildman–Crippen LogP) is -0.372. The summed E-state index contributed by atoms with van der Waals surface area (Å²) in [4.78, 5) is 26.8. The van der Waals surface area contributed by atoms with Crippen molar-refractivity contribution >= 4 is 12.0 Å². The minimum atomic E-state index is -0.936. The molecule has 2 aliphatic rings. The monoisotopic (exact) mass is 302 g/mol. The van der Waals surface area contributed by atoms with Crippen molar-refractivity contribution in [3.8, 4) is 0 Å². The van der Waals surface area contributed by atoms with Gasteiger partial charge in [0.2, 0.25) is 0 Å². The van der Waals surface area contributed by atoms with E-state index in [0.29, 0.717) is 26.2 Å². The number of aliphatic carboxylic acids is 1. The SMILES string of the molecule is COC1CN(C(=O)N2CCOCC2CC(=O)O)CC1OC. The van der Waals surface area contributed by atoms with Crippen LogP contribution < -0.4 is 0 Å². The van der Waals surface area contributed by atoms with Gasteiger partial charge in [0.15, 0.2) is 0 Å². The standard InChI is InChI=1S/C13H22N2O6/c1-19-10-6-14(7-11(10)20-2)13(18)15-3-4-21-8-9(15)5-12(16)17/h9-11H,3-8H2,1-2H3,(H,16,17). The van der Waals surface area contributed by atoms with Crippen molar-refractivity contribution in [3.05, 3.63) is 0 Å². The molecule has 2 saturated heterocycles. The Kier molecular flexibility index (Phi) is 5.38. The summed E-state index contributed by atoms with van der Waals surface area (Å²) in [6, 6.07) is -0.600. The number of carbonyl (C=O) groups excluding carboxylic acids is 1. The number of hydrogen-bond donors (Lipinski definition) is 1. The molecule has 2 amide bonds. The molecule has 0 saturated carbocycles. The first-order chi connectivity index (χ1) is 10.1. The molecular formula is C13H22N2O6. The average Bonchev–Trinajstić information content (AvgIpc) is 2.89. The summed E-state index contributed by atoms with van der Waals surface area (Å²) < 4.78 is 15.9. The van der Waals surface area contributed by atoms with E-state index in [2.05, 4.69) is 0 Å². The lowest BCUT2D eigenvalue weighted by atomic mass is 10.1. The molecule has 120 valence electrons. The minimum absolute atomic E-state index is 0.110. The van der Waals surface area contributed by atoms with E-state index in [1.807, 2.05) is 0 Å². The second-order valence-electron chi connectivity index (χ2n) is 5.26. The van der Waals surface area contributed by atoms with Crippen molar-refractivity contribution in [2.75, 3.05) is 47.1 Å².